The summed E-state index contributed by atoms with van der Waals surface area (Å²) in [5, 5.41) is 3.29. The average molecular weight is 317 g/mol. The van der Waals surface area contributed by atoms with Gasteiger partial charge in [0.25, 0.3) is 0 Å². The van der Waals surface area contributed by atoms with Crippen LogP contribution in [0, 0.1) is 6.92 Å². The maximum Gasteiger partial charge on any atom is 0.188 e. The van der Waals surface area contributed by atoms with Gasteiger partial charge in [-0.3, -0.25) is 4.90 Å². The van der Waals surface area contributed by atoms with Gasteiger partial charge in [-0.1, -0.05) is 19.1 Å². The number of anilines is 1. The van der Waals surface area contributed by atoms with E-state index in [1.165, 1.54) is 36.2 Å². The quantitative estimate of drug-likeness (QED) is 0.622. The fraction of sp³-hybridized carbons (Fsp3) is 0.611. The molecule has 2 rings (SSSR count). The van der Waals surface area contributed by atoms with Gasteiger partial charge in [0.2, 0.25) is 0 Å². The smallest absolute Gasteiger partial charge is 0.188 e. The Morgan fingerprint density at radius 2 is 2.22 bits per heavy atom. The summed E-state index contributed by atoms with van der Waals surface area (Å²) < 4.78 is 0. The summed E-state index contributed by atoms with van der Waals surface area (Å²) in [5.74, 6) is 0.540. The van der Waals surface area contributed by atoms with Crippen LogP contribution < -0.4 is 16.0 Å². The number of rotatable bonds is 6. The first-order valence-corrected chi connectivity index (χ1v) is 8.56. The molecule has 0 bridgehead atoms. The first kappa shape index (κ1) is 17.6. The Morgan fingerprint density at radius 1 is 1.43 bits per heavy atom. The lowest BCUT2D eigenvalue weighted by Gasteiger charge is -2.23. The van der Waals surface area contributed by atoms with E-state index in [2.05, 4.69) is 66.3 Å². The molecule has 1 aliphatic heterocycles. The van der Waals surface area contributed by atoms with Gasteiger partial charge in [0.05, 0.1) is 6.54 Å². The van der Waals surface area contributed by atoms with Crippen molar-refractivity contribution in [1.82, 2.24) is 10.2 Å². The van der Waals surface area contributed by atoms with E-state index in [-0.39, 0.29) is 0 Å². The molecule has 5 heteroatoms. The molecule has 128 valence electrons. The van der Waals surface area contributed by atoms with Gasteiger partial charge in [-0.25, -0.2) is 4.99 Å². The van der Waals surface area contributed by atoms with Crippen LogP contribution in [0.25, 0.3) is 0 Å². The fourth-order valence-corrected chi connectivity index (χ4v) is 3.22. The second-order valence-corrected chi connectivity index (χ2v) is 6.53. The zero-order chi connectivity index (χ0) is 16.8. The predicted octanol–water partition coefficient (Wildman–Crippen LogP) is 1.95. The monoisotopic (exact) mass is 317 g/mol. The van der Waals surface area contributed by atoms with Crippen LogP contribution in [0.5, 0.6) is 0 Å². The molecule has 1 aromatic carbocycles. The number of nitrogens with one attached hydrogen (secondary N) is 1. The first-order chi connectivity index (χ1) is 11.0. The number of aryl methyl sites for hydroxylation is 1. The summed E-state index contributed by atoms with van der Waals surface area (Å²) >= 11 is 0. The average Bonchev–Trinajstić information content (AvgIpc) is 2.99. The van der Waals surface area contributed by atoms with Crippen molar-refractivity contribution >= 4 is 11.6 Å². The molecular formula is C18H31N5. The first-order valence-electron chi connectivity index (χ1n) is 8.56. The normalized spacial score (nSPS) is 19.1. The van der Waals surface area contributed by atoms with Gasteiger partial charge in [0.15, 0.2) is 5.96 Å². The fourth-order valence-electron chi connectivity index (χ4n) is 3.22. The number of hydrogen-bond donors (Lipinski definition) is 2. The van der Waals surface area contributed by atoms with Gasteiger partial charge >= 0.3 is 0 Å². The lowest BCUT2D eigenvalue weighted by Crippen LogP contribution is -2.42. The van der Waals surface area contributed by atoms with E-state index in [0.717, 1.165) is 13.1 Å². The minimum Gasteiger partial charge on any atom is -0.377 e. The van der Waals surface area contributed by atoms with Gasteiger partial charge in [-0.2, -0.15) is 0 Å². The van der Waals surface area contributed by atoms with Crippen LogP contribution in [0.2, 0.25) is 0 Å². The molecule has 0 radical (unpaired) electrons. The van der Waals surface area contributed by atoms with Crippen molar-refractivity contribution in [3.8, 4) is 0 Å². The Labute approximate surface area is 140 Å². The third-order valence-electron chi connectivity index (χ3n) is 4.57. The zero-order valence-corrected chi connectivity index (χ0v) is 15.0. The number of guanidine groups is 1. The highest BCUT2D eigenvalue weighted by molar-refractivity contribution is 5.78. The molecule has 3 N–H and O–H groups in total. The summed E-state index contributed by atoms with van der Waals surface area (Å²) in [7, 11) is 4.12. The van der Waals surface area contributed by atoms with Gasteiger partial charge in [-0.15, -0.1) is 0 Å². The van der Waals surface area contributed by atoms with Crippen LogP contribution in [0.1, 0.15) is 30.9 Å². The highest BCUT2D eigenvalue weighted by Gasteiger charge is 2.22. The Hall–Kier alpha value is -1.75. The van der Waals surface area contributed by atoms with E-state index in [0.29, 0.717) is 18.5 Å². The number of likely N-dealkylation sites (tertiary alicyclic amines) is 1. The SMILES string of the molecule is CCN1CCCC1CNC(N)=NCc1ccc(C)cc1N(C)C. The summed E-state index contributed by atoms with van der Waals surface area (Å²) in [6.07, 6.45) is 2.53. The predicted molar refractivity (Wildman–Crippen MR) is 99.1 cm³/mol. The third-order valence-corrected chi connectivity index (χ3v) is 4.57. The van der Waals surface area contributed by atoms with Gasteiger partial charge in [-0.05, 0) is 50.0 Å². The molecule has 0 amide bonds. The number of benzene rings is 1. The summed E-state index contributed by atoms with van der Waals surface area (Å²) in [6.45, 7) is 8.13. The molecule has 1 atom stereocenters. The van der Waals surface area contributed by atoms with Crippen molar-refractivity contribution in [2.75, 3.05) is 38.6 Å². The minimum atomic E-state index is 0.540. The Kier molecular flexibility index (Phi) is 6.28. The summed E-state index contributed by atoms with van der Waals surface area (Å²) in [4.78, 5) is 9.15. The van der Waals surface area contributed by atoms with E-state index in [9.17, 15) is 0 Å². The van der Waals surface area contributed by atoms with Crippen LogP contribution in [-0.2, 0) is 6.54 Å². The van der Waals surface area contributed by atoms with Crippen LogP contribution in [-0.4, -0.2) is 50.6 Å². The number of likely N-dealkylation sites (N-methyl/N-ethyl adjacent to an activating group) is 1. The van der Waals surface area contributed by atoms with Crippen molar-refractivity contribution < 1.29 is 0 Å². The van der Waals surface area contributed by atoms with Crippen LogP contribution in [0.15, 0.2) is 23.2 Å². The van der Waals surface area contributed by atoms with E-state index < -0.39 is 0 Å². The van der Waals surface area contributed by atoms with Crippen LogP contribution in [0.4, 0.5) is 5.69 Å². The third kappa shape index (κ3) is 4.86. The Bertz CT molecular complexity index is 538. The molecule has 1 saturated heterocycles. The zero-order valence-electron chi connectivity index (χ0n) is 15.0. The van der Waals surface area contributed by atoms with Gasteiger partial charge < -0.3 is 16.0 Å². The van der Waals surface area contributed by atoms with Crippen molar-refractivity contribution in [1.29, 1.82) is 0 Å². The maximum atomic E-state index is 6.05. The molecule has 1 unspecified atom stereocenters. The summed E-state index contributed by atoms with van der Waals surface area (Å²) in [6, 6.07) is 7.04. The number of nitrogens with two attached hydrogens (primary N) is 1. The molecule has 5 nitrogen and oxygen atoms in total. The number of hydrogen-bond acceptors (Lipinski definition) is 3. The van der Waals surface area contributed by atoms with Crippen LogP contribution in [0.3, 0.4) is 0 Å². The molecule has 0 aliphatic carbocycles. The van der Waals surface area contributed by atoms with Gasteiger partial charge in [0, 0.05) is 32.4 Å². The number of aliphatic imine (C=N–C) groups is 1. The van der Waals surface area contributed by atoms with E-state index in [1.54, 1.807) is 0 Å². The van der Waals surface area contributed by atoms with Crippen molar-refractivity contribution in [2.24, 2.45) is 10.7 Å². The topological polar surface area (TPSA) is 56.9 Å². The van der Waals surface area contributed by atoms with Crippen LogP contribution >= 0.6 is 0 Å². The van der Waals surface area contributed by atoms with E-state index >= 15 is 0 Å². The lowest BCUT2D eigenvalue weighted by molar-refractivity contribution is 0.267. The second kappa shape index (κ2) is 8.20. The number of nitrogens with zero attached hydrogens (tertiary/aromatic N) is 3. The molecular weight excluding hydrogens is 286 g/mol. The van der Waals surface area contributed by atoms with E-state index in [4.69, 9.17) is 5.73 Å². The molecule has 0 aromatic heterocycles. The molecule has 23 heavy (non-hydrogen) atoms. The highest BCUT2D eigenvalue weighted by atomic mass is 15.2. The summed E-state index contributed by atoms with van der Waals surface area (Å²) in [5.41, 5.74) is 9.71. The molecule has 0 spiro atoms. The minimum absolute atomic E-state index is 0.540. The van der Waals surface area contributed by atoms with Crippen molar-refractivity contribution in [3.05, 3.63) is 29.3 Å². The molecule has 1 heterocycles. The Balaban J connectivity index is 1.92. The van der Waals surface area contributed by atoms with Crippen molar-refractivity contribution in [2.45, 2.75) is 39.3 Å². The molecule has 0 saturated carbocycles. The maximum absolute atomic E-state index is 6.05. The van der Waals surface area contributed by atoms with Crippen molar-refractivity contribution in [3.63, 3.8) is 0 Å². The standard InChI is InChI=1S/C18H31N5/c1-5-23-10-6-7-16(23)13-21-18(19)20-12-15-9-8-14(2)11-17(15)22(3)4/h8-9,11,16H,5-7,10,12-13H2,1-4H3,(H3,19,20,21). The molecule has 1 aromatic rings. The second-order valence-electron chi connectivity index (χ2n) is 6.53. The lowest BCUT2D eigenvalue weighted by atomic mass is 10.1. The molecule has 1 aliphatic rings. The van der Waals surface area contributed by atoms with E-state index in [1.807, 2.05) is 0 Å². The molecule has 1 fully saturated rings. The van der Waals surface area contributed by atoms with Gasteiger partial charge in [0.1, 0.15) is 0 Å². The largest absolute Gasteiger partial charge is 0.377 e. The Morgan fingerprint density at radius 3 is 2.91 bits per heavy atom. The highest BCUT2D eigenvalue weighted by Crippen LogP contribution is 2.21.